The summed E-state index contributed by atoms with van der Waals surface area (Å²) < 4.78 is 25.2. The molecule has 0 aliphatic carbocycles. The summed E-state index contributed by atoms with van der Waals surface area (Å²) in [5, 5.41) is 5.92. The number of hydrazone groups is 1. The molecule has 7 nitrogen and oxygen atoms in total. The number of hydrogen-bond acceptors (Lipinski definition) is 6. The van der Waals surface area contributed by atoms with Crippen molar-refractivity contribution >= 4 is 11.7 Å². The Morgan fingerprint density at radius 1 is 1.28 bits per heavy atom. The van der Waals surface area contributed by atoms with E-state index in [1.165, 1.54) is 11.0 Å². The smallest absolute Gasteiger partial charge is 0.260 e. The van der Waals surface area contributed by atoms with Gasteiger partial charge in [0.25, 0.3) is 5.91 Å². The second kappa shape index (κ2) is 7.38. The first-order valence-corrected chi connectivity index (χ1v) is 8.91. The molecule has 4 rings (SSSR count). The quantitative estimate of drug-likeness (QED) is 0.797. The first kappa shape index (κ1) is 18.7. The van der Waals surface area contributed by atoms with Crippen molar-refractivity contribution in [3.63, 3.8) is 0 Å². The lowest BCUT2D eigenvalue weighted by atomic mass is 10.1. The Morgan fingerprint density at radius 3 is 2.79 bits per heavy atom. The van der Waals surface area contributed by atoms with E-state index in [2.05, 4.69) is 16.7 Å². The Morgan fingerprint density at radius 2 is 2.10 bits per heavy atom. The number of likely N-dealkylation sites (N-methyl/N-ethyl adjacent to an activating group) is 1. The van der Waals surface area contributed by atoms with Crippen LogP contribution >= 0.6 is 0 Å². The van der Waals surface area contributed by atoms with Crippen LogP contribution in [0.1, 0.15) is 21.6 Å². The van der Waals surface area contributed by atoms with E-state index in [-0.39, 0.29) is 24.8 Å². The highest BCUT2D eigenvalue weighted by molar-refractivity contribution is 6.13. The molecule has 0 unspecified atom stereocenters. The van der Waals surface area contributed by atoms with Gasteiger partial charge in [-0.25, -0.2) is 4.39 Å². The molecule has 0 radical (unpaired) electrons. The Balaban J connectivity index is 1.52. The Kier molecular flexibility index (Phi) is 4.75. The van der Waals surface area contributed by atoms with Gasteiger partial charge in [0, 0.05) is 12.6 Å². The van der Waals surface area contributed by atoms with Gasteiger partial charge in [0.1, 0.15) is 12.4 Å². The van der Waals surface area contributed by atoms with Crippen molar-refractivity contribution < 1.29 is 18.7 Å². The number of carbonyl (C=O) groups excluding carboxylic acids is 1. The third-order valence-corrected chi connectivity index (χ3v) is 4.74. The Labute approximate surface area is 167 Å². The van der Waals surface area contributed by atoms with E-state index in [9.17, 15) is 9.18 Å². The molecule has 2 aromatic rings. The molecule has 0 fully saturated rings. The number of methoxy groups -OCH3 is 1. The SMILES string of the molecule is C=C1C=CC(N2Cc3cc(OCc4ccc(OC)cn4)c(F)cc3C2=O)=NN1C. The molecule has 29 heavy (non-hydrogen) atoms. The maximum absolute atomic E-state index is 14.5. The van der Waals surface area contributed by atoms with Gasteiger partial charge in [-0.2, -0.15) is 5.10 Å². The van der Waals surface area contributed by atoms with Crippen LogP contribution in [0.15, 0.2) is 60.0 Å². The molecule has 8 heteroatoms. The molecule has 0 bridgehead atoms. The summed E-state index contributed by atoms with van der Waals surface area (Å²) in [6.45, 7) is 4.23. The van der Waals surface area contributed by atoms with Crippen LogP contribution in [0.2, 0.25) is 0 Å². The number of amides is 1. The predicted octanol–water partition coefficient (Wildman–Crippen LogP) is 3.09. The highest BCUT2D eigenvalue weighted by Gasteiger charge is 2.32. The predicted molar refractivity (Wildman–Crippen MR) is 105 cm³/mol. The average Bonchev–Trinajstić information content (AvgIpc) is 3.04. The number of aromatic nitrogens is 1. The maximum atomic E-state index is 14.5. The lowest BCUT2D eigenvalue weighted by Crippen LogP contribution is -2.33. The van der Waals surface area contributed by atoms with Crippen LogP contribution in [0.4, 0.5) is 4.39 Å². The van der Waals surface area contributed by atoms with Crippen molar-refractivity contribution in [2.24, 2.45) is 5.10 Å². The first-order chi connectivity index (χ1) is 14.0. The summed E-state index contributed by atoms with van der Waals surface area (Å²) in [4.78, 5) is 18.4. The molecule has 0 N–H and O–H groups in total. The Bertz CT molecular complexity index is 1050. The standard InChI is InChI=1S/C21H19FN4O3/c1-13-4-7-20(24-25(13)2)26-11-14-8-19(18(22)9-17(14)21(26)27)29-12-15-5-6-16(28-3)10-23-15/h4-10H,1,11-12H2,2-3H3. The molecule has 2 aliphatic rings. The van der Waals surface area contributed by atoms with Crippen molar-refractivity contribution in [3.8, 4) is 11.5 Å². The number of fused-ring (bicyclic) bond motifs is 1. The van der Waals surface area contributed by atoms with Crippen LogP contribution in [-0.4, -0.2) is 40.8 Å². The van der Waals surface area contributed by atoms with E-state index < -0.39 is 5.82 Å². The molecule has 1 aromatic carbocycles. The molecule has 0 saturated heterocycles. The zero-order chi connectivity index (χ0) is 20.5. The molecule has 2 aliphatic heterocycles. The number of nitrogens with zero attached hydrogens (tertiary/aromatic N) is 4. The fraction of sp³-hybridized carbons (Fsp3) is 0.190. The van der Waals surface area contributed by atoms with Gasteiger partial charge < -0.3 is 9.47 Å². The number of ether oxygens (including phenoxy) is 2. The van der Waals surface area contributed by atoms with Crippen LogP contribution in [0.3, 0.4) is 0 Å². The highest BCUT2D eigenvalue weighted by atomic mass is 19.1. The molecular formula is C21H19FN4O3. The minimum absolute atomic E-state index is 0.0719. The lowest BCUT2D eigenvalue weighted by molar-refractivity contribution is 0.0864. The number of rotatable bonds is 4. The number of benzene rings is 1. The van der Waals surface area contributed by atoms with Crippen LogP contribution in [0.5, 0.6) is 11.5 Å². The molecule has 148 valence electrons. The second-order valence-electron chi connectivity index (χ2n) is 6.62. The average molecular weight is 394 g/mol. The number of allylic oxidation sites excluding steroid dienone is 1. The third kappa shape index (κ3) is 3.56. The highest BCUT2D eigenvalue weighted by Crippen LogP contribution is 2.31. The van der Waals surface area contributed by atoms with Crippen molar-refractivity contribution in [1.82, 2.24) is 14.9 Å². The van der Waals surface area contributed by atoms with Gasteiger partial charge in [-0.05, 0) is 42.0 Å². The van der Waals surface area contributed by atoms with E-state index in [1.54, 1.807) is 55.7 Å². The molecule has 1 amide bonds. The summed E-state index contributed by atoms with van der Waals surface area (Å²) in [6, 6.07) is 6.27. The van der Waals surface area contributed by atoms with Gasteiger partial charge in [0.15, 0.2) is 17.4 Å². The van der Waals surface area contributed by atoms with Gasteiger partial charge in [0.2, 0.25) is 0 Å². The molecule has 0 saturated carbocycles. The Hall–Kier alpha value is -3.68. The summed E-state index contributed by atoms with van der Waals surface area (Å²) in [7, 11) is 3.30. The maximum Gasteiger partial charge on any atom is 0.260 e. The molecular weight excluding hydrogens is 375 g/mol. The van der Waals surface area contributed by atoms with E-state index in [1.807, 2.05) is 0 Å². The second-order valence-corrected chi connectivity index (χ2v) is 6.62. The fourth-order valence-electron chi connectivity index (χ4n) is 3.05. The van der Waals surface area contributed by atoms with E-state index >= 15 is 0 Å². The normalized spacial score (nSPS) is 15.5. The van der Waals surface area contributed by atoms with Crippen molar-refractivity contribution in [1.29, 1.82) is 0 Å². The summed E-state index contributed by atoms with van der Waals surface area (Å²) >= 11 is 0. The largest absolute Gasteiger partial charge is 0.495 e. The van der Waals surface area contributed by atoms with Crippen LogP contribution < -0.4 is 9.47 Å². The van der Waals surface area contributed by atoms with Crippen LogP contribution in [0, 0.1) is 5.82 Å². The zero-order valence-corrected chi connectivity index (χ0v) is 16.1. The topological polar surface area (TPSA) is 67.3 Å². The minimum Gasteiger partial charge on any atom is -0.495 e. The zero-order valence-electron chi connectivity index (χ0n) is 16.1. The number of carbonyl (C=O) groups is 1. The van der Waals surface area contributed by atoms with Crippen LogP contribution in [-0.2, 0) is 13.2 Å². The molecule has 1 aromatic heterocycles. The number of amidine groups is 1. The monoisotopic (exact) mass is 394 g/mol. The summed E-state index contributed by atoms with van der Waals surface area (Å²) in [5.74, 6) is 0.282. The number of hydrogen-bond donors (Lipinski definition) is 0. The van der Waals surface area contributed by atoms with Crippen LogP contribution in [0.25, 0.3) is 0 Å². The van der Waals surface area contributed by atoms with Gasteiger partial charge in [-0.15, -0.1) is 0 Å². The van der Waals surface area contributed by atoms with Gasteiger partial charge in [-0.1, -0.05) is 6.58 Å². The number of halogens is 1. The third-order valence-electron chi connectivity index (χ3n) is 4.74. The van der Waals surface area contributed by atoms with E-state index in [0.29, 0.717) is 34.1 Å². The molecule has 3 heterocycles. The van der Waals surface area contributed by atoms with Crippen molar-refractivity contribution in [2.45, 2.75) is 13.2 Å². The van der Waals surface area contributed by atoms with E-state index in [0.717, 1.165) is 0 Å². The molecule has 0 atom stereocenters. The lowest BCUT2D eigenvalue weighted by Gasteiger charge is -2.23. The van der Waals surface area contributed by atoms with Gasteiger partial charge >= 0.3 is 0 Å². The van der Waals surface area contributed by atoms with Gasteiger partial charge in [0.05, 0.1) is 31.2 Å². The number of pyridine rings is 1. The summed E-state index contributed by atoms with van der Waals surface area (Å²) in [5.41, 5.74) is 2.33. The molecule has 0 spiro atoms. The van der Waals surface area contributed by atoms with Crippen molar-refractivity contribution in [3.05, 3.63) is 77.5 Å². The summed E-state index contributed by atoms with van der Waals surface area (Å²) in [6.07, 6.45) is 5.06. The first-order valence-electron chi connectivity index (χ1n) is 8.91. The van der Waals surface area contributed by atoms with Crippen molar-refractivity contribution in [2.75, 3.05) is 14.2 Å². The fourth-order valence-corrected chi connectivity index (χ4v) is 3.05. The van der Waals surface area contributed by atoms with E-state index in [4.69, 9.17) is 9.47 Å². The van der Waals surface area contributed by atoms with Gasteiger partial charge in [-0.3, -0.25) is 19.7 Å². The minimum atomic E-state index is -0.598.